The third-order valence-electron chi connectivity index (χ3n) is 4.32. The zero-order valence-corrected chi connectivity index (χ0v) is 13.7. The van der Waals surface area contributed by atoms with Crippen molar-refractivity contribution in [1.82, 2.24) is 16.0 Å². The SMILES string of the molecule is O=C1CC[C@H](C(=O)NCc2ccc(N3CCCC3=O)cc2)NC(=O)N1. The van der Waals surface area contributed by atoms with E-state index in [4.69, 9.17) is 0 Å². The molecule has 2 fully saturated rings. The van der Waals surface area contributed by atoms with Gasteiger partial charge in [0.25, 0.3) is 0 Å². The molecule has 0 bridgehead atoms. The van der Waals surface area contributed by atoms with E-state index in [2.05, 4.69) is 16.0 Å². The molecule has 2 aliphatic heterocycles. The topological polar surface area (TPSA) is 108 Å². The van der Waals surface area contributed by atoms with Crippen LogP contribution in [0.5, 0.6) is 0 Å². The summed E-state index contributed by atoms with van der Waals surface area (Å²) >= 11 is 0. The second-order valence-corrected chi connectivity index (χ2v) is 6.15. The standard InChI is InChI=1S/C17H20N4O4/c22-14-8-7-13(19-17(25)20-14)16(24)18-10-11-3-5-12(6-4-11)21-9-1-2-15(21)23/h3-6,13H,1-2,7-10H2,(H,18,24)(H2,19,20,22,25)/t13-/m1/s1. The molecule has 0 unspecified atom stereocenters. The Kier molecular flexibility index (Phi) is 4.97. The number of carbonyl (C=O) groups excluding carboxylic acids is 4. The molecule has 132 valence electrons. The lowest BCUT2D eigenvalue weighted by Gasteiger charge is -2.17. The average Bonchev–Trinajstić information content (AvgIpc) is 2.94. The van der Waals surface area contributed by atoms with Gasteiger partial charge in [-0.05, 0) is 30.5 Å². The molecule has 8 nitrogen and oxygen atoms in total. The van der Waals surface area contributed by atoms with Crippen LogP contribution >= 0.6 is 0 Å². The number of imide groups is 1. The van der Waals surface area contributed by atoms with E-state index in [9.17, 15) is 19.2 Å². The van der Waals surface area contributed by atoms with Gasteiger partial charge in [0.2, 0.25) is 17.7 Å². The van der Waals surface area contributed by atoms with Crippen LogP contribution in [0, 0.1) is 0 Å². The summed E-state index contributed by atoms with van der Waals surface area (Å²) in [7, 11) is 0. The Morgan fingerprint density at radius 2 is 1.92 bits per heavy atom. The molecule has 1 atom stereocenters. The first-order valence-electron chi connectivity index (χ1n) is 8.30. The van der Waals surface area contributed by atoms with Crippen molar-refractivity contribution in [3.8, 4) is 0 Å². The van der Waals surface area contributed by atoms with Crippen molar-refractivity contribution in [2.45, 2.75) is 38.3 Å². The van der Waals surface area contributed by atoms with E-state index in [1.807, 2.05) is 24.3 Å². The minimum absolute atomic E-state index is 0.120. The number of amides is 5. The minimum atomic E-state index is -0.729. The molecule has 0 aliphatic carbocycles. The van der Waals surface area contributed by atoms with Crippen LogP contribution in [0.3, 0.4) is 0 Å². The Bertz CT molecular complexity index is 701. The number of hydrogen-bond donors (Lipinski definition) is 3. The van der Waals surface area contributed by atoms with Crippen molar-refractivity contribution in [2.75, 3.05) is 11.4 Å². The monoisotopic (exact) mass is 344 g/mol. The fraction of sp³-hybridized carbons (Fsp3) is 0.412. The van der Waals surface area contributed by atoms with Gasteiger partial charge in [0.15, 0.2) is 0 Å². The molecule has 0 spiro atoms. The zero-order chi connectivity index (χ0) is 17.8. The lowest BCUT2D eigenvalue weighted by molar-refractivity contribution is -0.123. The van der Waals surface area contributed by atoms with Crippen LogP contribution in [0.25, 0.3) is 0 Å². The molecule has 1 aromatic carbocycles. The number of urea groups is 1. The fourth-order valence-electron chi connectivity index (χ4n) is 2.95. The molecule has 5 amide bonds. The molecule has 3 N–H and O–H groups in total. The summed E-state index contributed by atoms with van der Waals surface area (Å²) in [5.74, 6) is -0.586. The Morgan fingerprint density at radius 3 is 2.60 bits per heavy atom. The Morgan fingerprint density at radius 1 is 1.16 bits per heavy atom. The van der Waals surface area contributed by atoms with Gasteiger partial charge in [-0.1, -0.05) is 12.1 Å². The quantitative estimate of drug-likeness (QED) is 0.735. The van der Waals surface area contributed by atoms with Gasteiger partial charge in [-0.25, -0.2) is 4.79 Å². The van der Waals surface area contributed by atoms with Crippen LogP contribution < -0.4 is 20.9 Å². The van der Waals surface area contributed by atoms with Crippen molar-refractivity contribution in [2.24, 2.45) is 0 Å². The van der Waals surface area contributed by atoms with Crippen molar-refractivity contribution in [1.29, 1.82) is 0 Å². The fourth-order valence-corrected chi connectivity index (χ4v) is 2.95. The van der Waals surface area contributed by atoms with E-state index in [0.29, 0.717) is 13.0 Å². The summed E-state index contributed by atoms with van der Waals surface area (Å²) in [5.41, 5.74) is 1.75. The van der Waals surface area contributed by atoms with Crippen molar-refractivity contribution < 1.29 is 19.2 Å². The highest BCUT2D eigenvalue weighted by Gasteiger charge is 2.26. The van der Waals surface area contributed by atoms with Crippen LogP contribution in [-0.2, 0) is 20.9 Å². The van der Waals surface area contributed by atoms with Crippen molar-refractivity contribution in [3.63, 3.8) is 0 Å². The molecule has 2 aliphatic rings. The molecule has 1 aromatic rings. The number of nitrogens with one attached hydrogen (secondary N) is 3. The second kappa shape index (κ2) is 7.33. The van der Waals surface area contributed by atoms with E-state index in [1.165, 1.54) is 0 Å². The van der Waals surface area contributed by atoms with Crippen LogP contribution in [0.15, 0.2) is 24.3 Å². The summed E-state index contributed by atoms with van der Waals surface area (Å²) in [6.07, 6.45) is 1.85. The highest BCUT2D eigenvalue weighted by atomic mass is 16.2. The largest absolute Gasteiger partial charge is 0.350 e. The van der Waals surface area contributed by atoms with Gasteiger partial charge in [0, 0.05) is 31.6 Å². The average molecular weight is 344 g/mol. The first-order valence-corrected chi connectivity index (χ1v) is 8.30. The van der Waals surface area contributed by atoms with Gasteiger partial charge in [0.05, 0.1) is 0 Å². The molecule has 0 radical (unpaired) electrons. The molecule has 25 heavy (non-hydrogen) atoms. The molecule has 0 aromatic heterocycles. The van der Waals surface area contributed by atoms with E-state index < -0.39 is 12.1 Å². The summed E-state index contributed by atoms with van der Waals surface area (Å²) in [6.45, 7) is 1.05. The van der Waals surface area contributed by atoms with Gasteiger partial charge in [-0.15, -0.1) is 0 Å². The third kappa shape index (κ3) is 4.14. The number of anilines is 1. The van der Waals surface area contributed by atoms with Crippen LogP contribution in [0.1, 0.15) is 31.2 Å². The number of rotatable bonds is 4. The normalized spacial score (nSPS) is 20.7. The molecular formula is C17H20N4O4. The minimum Gasteiger partial charge on any atom is -0.350 e. The highest BCUT2D eigenvalue weighted by Crippen LogP contribution is 2.21. The van der Waals surface area contributed by atoms with Crippen molar-refractivity contribution in [3.05, 3.63) is 29.8 Å². The number of hydrogen-bond acceptors (Lipinski definition) is 4. The summed E-state index contributed by atoms with van der Waals surface area (Å²) in [5, 5.41) is 7.36. The first-order chi connectivity index (χ1) is 12.0. The molecule has 8 heteroatoms. The van der Waals surface area contributed by atoms with Gasteiger partial charge in [0.1, 0.15) is 6.04 Å². The van der Waals surface area contributed by atoms with E-state index in [-0.39, 0.29) is 30.6 Å². The van der Waals surface area contributed by atoms with Crippen LogP contribution in [-0.4, -0.2) is 36.3 Å². The zero-order valence-electron chi connectivity index (χ0n) is 13.7. The lowest BCUT2D eigenvalue weighted by atomic mass is 10.1. The smallest absolute Gasteiger partial charge is 0.322 e. The number of benzene rings is 1. The molecule has 0 saturated carbocycles. The molecule has 2 heterocycles. The maximum atomic E-state index is 12.2. The molecule has 2 saturated heterocycles. The molecule has 3 rings (SSSR count). The van der Waals surface area contributed by atoms with Gasteiger partial charge in [-0.3, -0.25) is 19.7 Å². The van der Waals surface area contributed by atoms with Gasteiger partial charge < -0.3 is 15.5 Å². The maximum absolute atomic E-state index is 12.2. The maximum Gasteiger partial charge on any atom is 0.322 e. The van der Waals surface area contributed by atoms with E-state index >= 15 is 0 Å². The molecular weight excluding hydrogens is 324 g/mol. The Hall–Kier alpha value is -2.90. The first kappa shape index (κ1) is 16.9. The predicted molar refractivity (Wildman–Crippen MR) is 89.6 cm³/mol. The summed E-state index contributed by atoms with van der Waals surface area (Å²) in [4.78, 5) is 48.4. The van der Waals surface area contributed by atoms with E-state index in [0.717, 1.165) is 24.2 Å². The third-order valence-corrected chi connectivity index (χ3v) is 4.32. The van der Waals surface area contributed by atoms with Gasteiger partial charge >= 0.3 is 6.03 Å². The summed E-state index contributed by atoms with van der Waals surface area (Å²) < 4.78 is 0. The number of nitrogens with zero attached hydrogens (tertiary/aromatic N) is 1. The Labute approximate surface area is 144 Å². The van der Waals surface area contributed by atoms with E-state index in [1.54, 1.807) is 4.90 Å². The van der Waals surface area contributed by atoms with Gasteiger partial charge in [-0.2, -0.15) is 0 Å². The van der Waals surface area contributed by atoms with Crippen LogP contribution in [0.2, 0.25) is 0 Å². The lowest BCUT2D eigenvalue weighted by Crippen LogP contribution is -2.48. The number of carbonyl (C=O) groups is 4. The highest BCUT2D eigenvalue weighted by molar-refractivity contribution is 5.98. The Balaban J connectivity index is 1.54. The predicted octanol–water partition coefficient (Wildman–Crippen LogP) is 0.418. The van der Waals surface area contributed by atoms with Crippen molar-refractivity contribution >= 4 is 29.4 Å². The second-order valence-electron chi connectivity index (χ2n) is 6.15. The van der Waals surface area contributed by atoms with Crippen LogP contribution in [0.4, 0.5) is 10.5 Å². The summed E-state index contributed by atoms with van der Waals surface area (Å²) in [6, 6.07) is 6.06.